The summed E-state index contributed by atoms with van der Waals surface area (Å²) in [7, 11) is -3.03. The van der Waals surface area contributed by atoms with Crippen LogP contribution < -0.4 is 10.6 Å². The number of sulfone groups is 1. The first kappa shape index (κ1) is 15.4. The molecule has 0 bridgehead atoms. The molecule has 20 heavy (non-hydrogen) atoms. The molecular formula is C12H16BrN3O3S. The van der Waals surface area contributed by atoms with Gasteiger partial charge < -0.3 is 10.6 Å². The van der Waals surface area contributed by atoms with Gasteiger partial charge in [-0.15, -0.1) is 0 Å². The van der Waals surface area contributed by atoms with E-state index in [-0.39, 0.29) is 29.9 Å². The van der Waals surface area contributed by atoms with Gasteiger partial charge in [0.25, 0.3) is 0 Å². The van der Waals surface area contributed by atoms with Gasteiger partial charge in [-0.3, -0.25) is 4.79 Å². The number of amides is 1. The van der Waals surface area contributed by atoms with E-state index in [1.165, 1.54) is 0 Å². The third-order valence-electron chi connectivity index (χ3n) is 3.04. The van der Waals surface area contributed by atoms with E-state index in [0.717, 1.165) is 10.0 Å². The molecule has 2 heterocycles. The molecule has 0 aliphatic carbocycles. The van der Waals surface area contributed by atoms with Crippen molar-refractivity contribution in [3.63, 3.8) is 0 Å². The fraction of sp³-hybridized carbons (Fsp3) is 0.500. The molecule has 1 aliphatic rings. The van der Waals surface area contributed by atoms with Crippen LogP contribution in [0.3, 0.4) is 0 Å². The van der Waals surface area contributed by atoms with Crippen LogP contribution in [0.2, 0.25) is 0 Å². The highest BCUT2D eigenvalue weighted by atomic mass is 79.9. The summed E-state index contributed by atoms with van der Waals surface area (Å²) in [5.41, 5.74) is 0.844. The van der Waals surface area contributed by atoms with Crippen LogP contribution in [0, 0.1) is 6.92 Å². The average molecular weight is 362 g/mol. The molecule has 0 aromatic carbocycles. The van der Waals surface area contributed by atoms with E-state index in [0.29, 0.717) is 12.4 Å². The van der Waals surface area contributed by atoms with E-state index in [4.69, 9.17) is 0 Å². The van der Waals surface area contributed by atoms with Crippen LogP contribution >= 0.6 is 15.9 Å². The number of hydrogen-bond donors (Lipinski definition) is 2. The lowest BCUT2D eigenvalue weighted by atomic mass is 10.2. The predicted molar refractivity (Wildman–Crippen MR) is 80.4 cm³/mol. The van der Waals surface area contributed by atoms with Crippen molar-refractivity contribution in [2.45, 2.75) is 19.4 Å². The van der Waals surface area contributed by atoms with Crippen LogP contribution in [0.15, 0.2) is 16.7 Å². The monoisotopic (exact) mass is 361 g/mol. The Labute approximate surface area is 126 Å². The molecule has 0 radical (unpaired) electrons. The summed E-state index contributed by atoms with van der Waals surface area (Å²) in [4.78, 5) is 16.1. The van der Waals surface area contributed by atoms with E-state index in [9.17, 15) is 13.2 Å². The minimum absolute atomic E-state index is 0.00711. The predicted octanol–water partition coefficient (Wildman–Crippen LogP) is 0.868. The van der Waals surface area contributed by atoms with E-state index in [1.807, 2.05) is 13.0 Å². The van der Waals surface area contributed by atoms with Crippen LogP contribution in [-0.4, -0.2) is 43.4 Å². The maximum atomic E-state index is 11.9. The summed E-state index contributed by atoms with van der Waals surface area (Å²) in [6.45, 7) is 2.24. The molecule has 0 spiro atoms. The Bertz CT molecular complexity index is 618. The van der Waals surface area contributed by atoms with Crippen LogP contribution in [0.1, 0.15) is 12.0 Å². The minimum Gasteiger partial charge on any atom is -0.311 e. The van der Waals surface area contributed by atoms with Gasteiger partial charge in [-0.2, -0.15) is 0 Å². The van der Waals surface area contributed by atoms with Gasteiger partial charge in [0.2, 0.25) is 5.91 Å². The molecule has 1 fully saturated rings. The third kappa shape index (κ3) is 4.26. The van der Waals surface area contributed by atoms with Crippen molar-refractivity contribution < 1.29 is 13.2 Å². The summed E-state index contributed by atoms with van der Waals surface area (Å²) in [5, 5.41) is 5.75. The van der Waals surface area contributed by atoms with Gasteiger partial charge >= 0.3 is 0 Å². The van der Waals surface area contributed by atoms with Gasteiger partial charge in [0.05, 0.1) is 11.5 Å². The largest absolute Gasteiger partial charge is 0.311 e. The van der Waals surface area contributed by atoms with Crippen molar-refractivity contribution in [2.75, 3.05) is 23.4 Å². The fourth-order valence-corrected chi connectivity index (χ4v) is 3.97. The first-order valence-corrected chi connectivity index (χ1v) is 8.83. The van der Waals surface area contributed by atoms with E-state index >= 15 is 0 Å². The average Bonchev–Trinajstić information content (AvgIpc) is 2.31. The molecule has 6 nitrogen and oxygen atoms in total. The summed E-state index contributed by atoms with van der Waals surface area (Å²) < 4.78 is 23.8. The Morgan fingerprint density at radius 3 is 3.00 bits per heavy atom. The van der Waals surface area contributed by atoms with Gasteiger partial charge in [0, 0.05) is 29.7 Å². The van der Waals surface area contributed by atoms with E-state index < -0.39 is 9.84 Å². The lowest BCUT2D eigenvalue weighted by Crippen LogP contribution is -2.46. The van der Waals surface area contributed by atoms with Crippen LogP contribution in [0.25, 0.3) is 0 Å². The zero-order valence-corrected chi connectivity index (χ0v) is 13.4. The lowest BCUT2D eigenvalue weighted by molar-refractivity contribution is -0.116. The van der Waals surface area contributed by atoms with E-state index in [2.05, 4.69) is 31.5 Å². The lowest BCUT2D eigenvalue weighted by Gasteiger charge is -2.23. The highest BCUT2D eigenvalue weighted by Gasteiger charge is 2.26. The highest BCUT2D eigenvalue weighted by Crippen LogP contribution is 2.17. The molecule has 1 aromatic heterocycles. The Hall–Kier alpha value is -0.990. The van der Waals surface area contributed by atoms with Crippen molar-refractivity contribution in [2.24, 2.45) is 0 Å². The zero-order chi connectivity index (χ0) is 14.8. The van der Waals surface area contributed by atoms with Crippen molar-refractivity contribution in [1.82, 2.24) is 10.3 Å². The second-order valence-corrected chi connectivity index (χ2v) is 7.98. The molecule has 110 valence electrons. The number of halogens is 1. The number of nitrogens with one attached hydrogen (secondary N) is 2. The molecular weight excluding hydrogens is 346 g/mol. The maximum Gasteiger partial charge on any atom is 0.227 e. The Kier molecular flexibility index (Phi) is 4.77. The van der Waals surface area contributed by atoms with E-state index in [1.54, 1.807) is 6.20 Å². The number of nitrogens with zero attached hydrogens (tertiary/aromatic N) is 1. The molecule has 8 heteroatoms. The molecule has 1 amide bonds. The summed E-state index contributed by atoms with van der Waals surface area (Å²) in [6.07, 6.45) is 1.72. The smallest absolute Gasteiger partial charge is 0.227 e. The van der Waals surface area contributed by atoms with Crippen LogP contribution in [0.4, 0.5) is 5.82 Å². The number of rotatable bonds is 3. The number of hydrogen-bond acceptors (Lipinski definition) is 5. The molecule has 1 atom stereocenters. The SMILES string of the molecule is Cc1cc(Br)cnc1NC(=O)CC1CS(=O)(=O)CCN1. The summed E-state index contributed by atoms with van der Waals surface area (Å²) >= 11 is 3.30. The topological polar surface area (TPSA) is 88.2 Å². The maximum absolute atomic E-state index is 11.9. The standard InChI is InChI=1S/C12H16BrN3O3S/c1-8-4-9(13)6-15-12(8)16-11(17)5-10-7-20(18,19)3-2-14-10/h4,6,10,14H,2-3,5,7H2,1H3,(H,15,16,17). The van der Waals surface area contributed by atoms with Crippen molar-refractivity contribution in [3.05, 3.63) is 22.3 Å². The van der Waals surface area contributed by atoms with Crippen LogP contribution in [-0.2, 0) is 14.6 Å². The van der Waals surface area contributed by atoms with Crippen molar-refractivity contribution >= 4 is 37.5 Å². The zero-order valence-electron chi connectivity index (χ0n) is 11.0. The second kappa shape index (κ2) is 6.19. The van der Waals surface area contributed by atoms with Gasteiger partial charge in [-0.1, -0.05) is 0 Å². The Balaban J connectivity index is 1.95. The normalized spacial score (nSPS) is 21.4. The minimum atomic E-state index is -3.03. The second-order valence-electron chi connectivity index (χ2n) is 4.84. The molecule has 2 N–H and O–H groups in total. The number of aryl methyl sites for hydroxylation is 1. The van der Waals surface area contributed by atoms with Gasteiger partial charge in [-0.05, 0) is 34.5 Å². The summed E-state index contributed by atoms with van der Waals surface area (Å²) in [5.74, 6) is 0.403. The molecule has 1 aliphatic heterocycles. The number of pyridine rings is 1. The number of anilines is 1. The fourth-order valence-electron chi connectivity index (χ4n) is 2.08. The molecule has 0 saturated carbocycles. The highest BCUT2D eigenvalue weighted by molar-refractivity contribution is 9.10. The third-order valence-corrected chi connectivity index (χ3v) is 5.21. The first-order valence-electron chi connectivity index (χ1n) is 6.21. The molecule has 2 rings (SSSR count). The van der Waals surface area contributed by atoms with Gasteiger partial charge in [0.15, 0.2) is 9.84 Å². The number of carbonyl (C=O) groups excluding carboxylic acids is 1. The number of aromatic nitrogens is 1. The first-order chi connectivity index (χ1) is 9.35. The quantitative estimate of drug-likeness (QED) is 0.833. The summed E-state index contributed by atoms with van der Waals surface area (Å²) in [6, 6.07) is 1.52. The van der Waals surface area contributed by atoms with Crippen molar-refractivity contribution in [3.8, 4) is 0 Å². The van der Waals surface area contributed by atoms with Crippen molar-refractivity contribution in [1.29, 1.82) is 0 Å². The van der Waals surface area contributed by atoms with Gasteiger partial charge in [-0.25, -0.2) is 13.4 Å². The Morgan fingerprint density at radius 1 is 1.60 bits per heavy atom. The Morgan fingerprint density at radius 2 is 2.35 bits per heavy atom. The molecule has 1 aromatic rings. The van der Waals surface area contributed by atoms with Gasteiger partial charge in [0.1, 0.15) is 5.82 Å². The number of carbonyl (C=O) groups is 1. The van der Waals surface area contributed by atoms with Crippen LogP contribution in [0.5, 0.6) is 0 Å². The molecule has 1 saturated heterocycles. The molecule has 1 unspecified atom stereocenters.